The normalized spacial score (nSPS) is 21.4. The molecule has 0 aromatic rings. The number of carbonyl (C=O) groups excluding carboxylic acids is 1. The van der Waals surface area contributed by atoms with Crippen molar-refractivity contribution < 1.29 is 19.4 Å². The standard InChI is InChI=1S/C14H25N3O4/c18-13(11-16-8-4-15-5-9-16)17-6-1-12(2-7-17)21-10-3-14(19)20/h12,15H,1-11H2,(H,19,20). The van der Waals surface area contributed by atoms with Crippen molar-refractivity contribution in [3.63, 3.8) is 0 Å². The Hall–Kier alpha value is -1.18. The van der Waals surface area contributed by atoms with Crippen LogP contribution in [0.4, 0.5) is 0 Å². The first kappa shape index (κ1) is 16.2. The van der Waals surface area contributed by atoms with E-state index in [2.05, 4.69) is 10.2 Å². The van der Waals surface area contributed by atoms with E-state index in [1.807, 2.05) is 4.90 Å². The fourth-order valence-corrected chi connectivity index (χ4v) is 2.75. The summed E-state index contributed by atoms with van der Waals surface area (Å²) in [6.07, 6.45) is 1.73. The zero-order valence-electron chi connectivity index (χ0n) is 12.4. The van der Waals surface area contributed by atoms with E-state index in [9.17, 15) is 9.59 Å². The number of nitrogens with zero attached hydrogens (tertiary/aromatic N) is 2. The average molecular weight is 299 g/mol. The Bertz CT molecular complexity index is 350. The number of likely N-dealkylation sites (tertiary alicyclic amines) is 1. The van der Waals surface area contributed by atoms with Gasteiger partial charge in [0.15, 0.2) is 0 Å². The molecule has 7 nitrogen and oxygen atoms in total. The number of hydrogen-bond acceptors (Lipinski definition) is 5. The van der Waals surface area contributed by atoms with E-state index in [0.29, 0.717) is 19.6 Å². The number of rotatable bonds is 6. The van der Waals surface area contributed by atoms with Gasteiger partial charge in [-0.1, -0.05) is 0 Å². The molecule has 0 radical (unpaired) electrons. The molecule has 2 aliphatic rings. The minimum atomic E-state index is -0.835. The second-order valence-corrected chi connectivity index (χ2v) is 5.62. The molecule has 0 atom stereocenters. The molecule has 2 heterocycles. The molecule has 2 rings (SSSR count). The quantitative estimate of drug-likeness (QED) is 0.680. The van der Waals surface area contributed by atoms with Gasteiger partial charge in [-0.3, -0.25) is 14.5 Å². The number of aliphatic carboxylic acids is 1. The van der Waals surface area contributed by atoms with Crippen LogP contribution < -0.4 is 5.32 Å². The molecular formula is C14H25N3O4. The van der Waals surface area contributed by atoms with Crippen LogP contribution in [-0.2, 0) is 14.3 Å². The van der Waals surface area contributed by atoms with Gasteiger partial charge < -0.3 is 20.1 Å². The summed E-state index contributed by atoms with van der Waals surface area (Å²) in [5.41, 5.74) is 0. The highest BCUT2D eigenvalue weighted by molar-refractivity contribution is 5.78. The molecule has 2 saturated heterocycles. The summed E-state index contributed by atoms with van der Waals surface area (Å²) in [5.74, 6) is -0.639. The van der Waals surface area contributed by atoms with E-state index < -0.39 is 5.97 Å². The van der Waals surface area contributed by atoms with Gasteiger partial charge in [-0.05, 0) is 12.8 Å². The third-order valence-corrected chi connectivity index (χ3v) is 4.03. The summed E-state index contributed by atoms with van der Waals surface area (Å²) in [6, 6.07) is 0. The Kier molecular flexibility index (Phi) is 6.41. The lowest BCUT2D eigenvalue weighted by Gasteiger charge is -2.34. The Morgan fingerprint density at radius 3 is 2.43 bits per heavy atom. The van der Waals surface area contributed by atoms with Crippen LogP contribution in [0.15, 0.2) is 0 Å². The van der Waals surface area contributed by atoms with Crippen molar-refractivity contribution in [3.8, 4) is 0 Å². The van der Waals surface area contributed by atoms with Gasteiger partial charge in [0.05, 0.1) is 25.7 Å². The average Bonchev–Trinajstić information content (AvgIpc) is 2.48. The largest absolute Gasteiger partial charge is 0.481 e. The fraction of sp³-hybridized carbons (Fsp3) is 0.857. The van der Waals surface area contributed by atoms with Gasteiger partial charge in [-0.25, -0.2) is 0 Å². The molecule has 1 amide bonds. The summed E-state index contributed by atoms with van der Waals surface area (Å²) < 4.78 is 5.53. The maximum Gasteiger partial charge on any atom is 0.305 e. The Labute approximate surface area is 125 Å². The van der Waals surface area contributed by atoms with Crippen LogP contribution in [0.1, 0.15) is 19.3 Å². The summed E-state index contributed by atoms with van der Waals surface area (Å²) in [6.45, 7) is 5.95. The van der Waals surface area contributed by atoms with Crippen molar-refractivity contribution in [1.29, 1.82) is 0 Å². The number of piperidine rings is 1. The number of carboxylic acid groups (broad SMARTS) is 1. The lowest BCUT2D eigenvalue weighted by molar-refractivity contribution is -0.139. The third-order valence-electron chi connectivity index (χ3n) is 4.03. The van der Waals surface area contributed by atoms with E-state index in [1.54, 1.807) is 0 Å². The molecular weight excluding hydrogens is 274 g/mol. The Balaban J connectivity index is 1.63. The highest BCUT2D eigenvalue weighted by Gasteiger charge is 2.24. The number of nitrogens with one attached hydrogen (secondary N) is 1. The summed E-state index contributed by atoms with van der Waals surface area (Å²) in [5, 5.41) is 11.8. The second kappa shape index (κ2) is 8.31. The molecule has 0 aromatic carbocycles. The predicted molar refractivity (Wildman–Crippen MR) is 77.1 cm³/mol. The second-order valence-electron chi connectivity index (χ2n) is 5.62. The van der Waals surface area contributed by atoms with Crippen LogP contribution in [0, 0.1) is 0 Å². The van der Waals surface area contributed by atoms with Crippen molar-refractivity contribution in [1.82, 2.24) is 15.1 Å². The number of carbonyl (C=O) groups is 2. The molecule has 21 heavy (non-hydrogen) atoms. The minimum absolute atomic E-state index is 0.0438. The Morgan fingerprint density at radius 1 is 1.14 bits per heavy atom. The monoisotopic (exact) mass is 299 g/mol. The molecule has 0 unspecified atom stereocenters. The molecule has 0 aliphatic carbocycles. The van der Waals surface area contributed by atoms with Crippen LogP contribution >= 0.6 is 0 Å². The van der Waals surface area contributed by atoms with Crippen LogP contribution in [0.5, 0.6) is 0 Å². The highest BCUT2D eigenvalue weighted by Crippen LogP contribution is 2.14. The lowest BCUT2D eigenvalue weighted by atomic mass is 10.1. The van der Waals surface area contributed by atoms with E-state index in [4.69, 9.17) is 9.84 Å². The van der Waals surface area contributed by atoms with Crippen molar-refractivity contribution in [3.05, 3.63) is 0 Å². The molecule has 2 fully saturated rings. The van der Waals surface area contributed by atoms with E-state index in [-0.39, 0.29) is 25.0 Å². The maximum absolute atomic E-state index is 12.2. The summed E-state index contributed by atoms with van der Waals surface area (Å²) in [4.78, 5) is 26.7. The zero-order chi connectivity index (χ0) is 15.1. The SMILES string of the molecule is O=C(O)CCOC1CCN(C(=O)CN2CCNCC2)CC1. The van der Waals surface area contributed by atoms with E-state index >= 15 is 0 Å². The predicted octanol–water partition coefficient (Wildman–Crippen LogP) is -0.626. The highest BCUT2D eigenvalue weighted by atomic mass is 16.5. The molecule has 2 aliphatic heterocycles. The van der Waals surface area contributed by atoms with Gasteiger partial charge >= 0.3 is 5.97 Å². The number of piperazine rings is 1. The number of hydrogen-bond donors (Lipinski definition) is 2. The molecule has 7 heteroatoms. The van der Waals surface area contributed by atoms with Gasteiger partial charge in [-0.15, -0.1) is 0 Å². The molecule has 0 bridgehead atoms. The van der Waals surface area contributed by atoms with Gasteiger partial charge in [0.2, 0.25) is 5.91 Å². The van der Waals surface area contributed by atoms with E-state index in [0.717, 1.165) is 39.0 Å². The van der Waals surface area contributed by atoms with Crippen molar-refractivity contribution >= 4 is 11.9 Å². The topological polar surface area (TPSA) is 82.1 Å². The summed E-state index contributed by atoms with van der Waals surface area (Å²) in [7, 11) is 0. The minimum Gasteiger partial charge on any atom is -0.481 e. The van der Waals surface area contributed by atoms with Gasteiger partial charge in [-0.2, -0.15) is 0 Å². The van der Waals surface area contributed by atoms with Crippen molar-refractivity contribution in [2.45, 2.75) is 25.4 Å². The Morgan fingerprint density at radius 2 is 1.81 bits per heavy atom. The first-order chi connectivity index (χ1) is 10.1. The third kappa shape index (κ3) is 5.61. The molecule has 0 saturated carbocycles. The molecule has 2 N–H and O–H groups in total. The summed E-state index contributed by atoms with van der Waals surface area (Å²) >= 11 is 0. The van der Waals surface area contributed by atoms with Gasteiger partial charge in [0, 0.05) is 39.3 Å². The molecule has 0 aromatic heterocycles. The number of ether oxygens (including phenoxy) is 1. The smallest absolute Gasteiger partial charge is 0.305 e. The molecule has 120 valence electrons. The van der Waals surface area contributed by atoms with Gasteiger partial charge in [0.25, 0.3) is 0 Å². The van der Waals surface area contributed by atoms with Crippen molar-refractivity contribution in [2.24, 2.45) is 0 Å². The van der Waals surface area contributed by atoms with Crippen LogP contribution in [0.25, 0.3) is 0 Å². The van der Waals surface area contributed by atoms with Crippen LogP contribution in [-0.4, -0.2) is 85.3 Å². The maximum atomic E-state index is 12.2. The van der Waals surface area contributed by atoms with Gasteiger partial charge in [0.1, 0.15) is 0 Å². The van der Waals surface area contributed by atoms with Crippen molar-refractivity contribution in [2.75, 3.05) is 52.4 Å². The zero-order valence-corrected chi connectivity index (χ0v) is 12.4. The fourth-order valence-electron chi connectivity index (χ4n) is 2.75. The van der Waals surface area contributed by atoms with Crippen LogP contribution in [0.3, 0.4) is 0 Å². The molecule has 0 spiro atoms. The van der Waals surface area contributed by atoms with E-state index in [1.165, 1.54) is 0 Å². The lowest BCUT2D eigenvalue weighted by Crippen LogP contribution is -2.50. The number of amides is 1. The number of carboxylic acids is 1. The first-order valence-electron chi connectivity index (χ1n) is 7.69. The first-order valence-corrected chi connectivity index (χ1v) is 7.69. The van der Waals surface area contributed by atoms with Crippen LogP contribution in [0.2, 0.25) is 0 Å².